The first kappa shape index (κ1) is 12.2. The van der Waals surface area contributed by atoms with Gasteiger partial charge in [-0.3, -0.25) is 0 Å². The van der Waals surface area contributed by atoms with E-state index in [-0.39, 0.29) is 0 Å². The zero-order valence-corrected chi connectivity index (χ0v) is 8.87. The van der Waals surface area contributed by atoms with Crippen LogP contribution in [0.15, 0.2) is 11.6 Å². The lowest BCUT2D eigenvalue weighted by Crippen LogP contribution is -2.26. The Kier molecular flexibility index (Phi) is 5.39. The SMILES string of the molecule is CCC(=CCN(C)C(C)C)C(=O)O. The first-order chi connectivity index (χ1) is 5.99. The summed E-state index contributed by atoms with van der Waals surface area (Å²) >= 11 is 0. The van der Waals surface area contributed by atoms with Crippen molar-refractivity contribution in [1.29, 1.82) is 0 Å². The lowest BCUT2D eigenvalue weighted by Gasteiger charge is -2.18. The number of carboxylic acids is 1. The van der Waals surface area contributed by atoms with Crippen LogP contribution in [0, 0.1) is 0 Å². The maximum atomic E-state index is 10.6. The molecule has 0 aliphatic carbocycles. The fourth-order valence-corrected chi connectivity index (χ4v) is 0.848. The van der Waals surface area contributed by atoms with Crippen molar-refractivity contribution in [2.24, 2.45) is 0 Å². The van der Waals surface area contributed by atoms with Gasteiger partial charge in [-0.1, -0.05) is 13.0 Å². The van der Waals surface area contributed by atoms with Crippen molar-refractivity contribution in [1.82, 2.24) is 4.90 Å². The van der Waals surface area contributed by atoms with Crippen molar-refractivity contribution in [3.63, 3.8) is 0 Å². The van der Waals surface area contributed by atoms with Crippen molar-refractivity contribution < 1.29 is 9.90 Å². The van der Waals surface area contributed by atoms with Crippen LogP contribution in [0.5, 0.6) is 0 Å². The molecule has 0 amide bonds. The summed E-state index contributed by atoms with van der Waals surface area (Å²) in [6.07, 6.45) is 2.36. The Morgan fingerprint density at radius 1 is 1.54 bits per heavy atom. The summed E-state index contributed by atoms with van der Waals surface area (Å²) in [7, 11) is 1.98. The molecule has 0 aromatic rings. The number of aliphatic carboxylic acids is 1. The standard InChI is InChI=1S/C10H19NO2/c1-5-9(10(12)13)6-7-11(4)8(2)3/h6,8H,5,7H2,1-4H3,(H,12,13). The molecule has 0 fully saturated rings. The Morgan fingerprint density at radius 3 is 2.38 bits per heavy atom. The van der Waals surface area contributed by atoms with E-state index in [2.05, 4.69) is 18.7 Å². The molecule has 0 aromatic heterocycles. The minimum atomic E-state index is -0.806. The lowest BCUT2D eigenvalue weighted by molar-refractivity contribution is -0.132. The van der Waals surface area contributed by atoms with E-state index in [9.17, 15) is 4.79 Å². The minimum Gasteiger partial charge on any atom is -0.478 e. The van der Waals surface area contributed by atoms with E-state index in [1.807, 2.05) is 14.0 Å². The van der Waals surface area contributed by atoms with Gasteiger partial charge in [-0.25, -0.2) is 4.79 Å². The zero-order valence-electron chi connectivity index (χ0n) is 8.87. The summed E-state index contributed by atoms with van der Waals surface area (Å²) in [5.41, 5.74) is 0.493. The summed E-state index contributed by atoms with van der Waals surface area (Å²) < 4.78 is 0. The Morgan fingerprint density at radius 2 is 2.08 bits per heavy atom. The monoisotopic (exact) mass is 185 g/mol. The van der Waals surface area contributed by atoms with Gasteiger partial charge in [-0.05, 0) is 27.3 Å². The lowest BCUT2D eigenvalue weighted by atomic mass is 10.2. The second-order valence-electron chi connectivity index (χ2n) is 3.42. The maximum Gasteiger partial charge on any atom is 0.331 e. The molecule has 0 radical (unpaired) electrons. The summed E-state index contributed by atoms with van der Waals surface area (Å²) in [5.74, 6) is -0.806. The average molecular weight is 185 g/mol. The quantitative estimate of drug-likeness (QED) is 0.663. The number of carbonyl (C=O) groups is 1. The molecule has 0 saturated heterocycles. The number of likely N-dealkylation sites (N-methyl/N-ethyl adjacent to an activating group) is 1. The average Bonchev–Trinajstić information content (AvgIpc) is 2.04. The third-order valence-corrected chi connectivity index (χ3v) is 2.16. The smallest absolute Gasteiger partial charge is 0.331 e. The molecule has 0 unspecified atom stereocenters. The molecule has 0 aromatic carbocycles. The molecule has 0 heterocycles. The van der Waals surface area contributed by atoms with Gasteiger partial charge in [0.1, 0.15) is 0 Å². The summed E-state index contributed by atoms with van der Waals surface area (Å²) in [4.78, 5) is 12.7. The Balaban J connectivity index is 4.14. The van der Waals surface area contributed by atoms with E-state index in [4.69, 9.17) is 5.11 Å². The highest BCUT2D eigenvalue weighted by Crippen LogP contribution is 2.02. The molecule has 3 heteroatoms. The molecule has 0 bridgehead atoms. The molecular formula is C10H19NO2. The van der Waals surface area contributed by atoms with Gasteiger partial charge >= 0.3 is 5.97 Å². The molecular weight excluding hydrogens is 166 g/mol. The topological polar surface area (TPSA) is 40.5 Å². The van der Waals surface area contributed by atoms with Gasteiger partial charge in [-0.2, -0.15) is 0 Å². The van der Waals surface area contributed by atoms with E-state index in [0.29, 0.717) is 24.6 Å². The van der Waals surface area contributed by atoms with Crippen LogP contribution in [0.2, 0.25) is 0 Å². The van der Waals surface area contributed by atoms with Crippen LogP contribution in [-0.2, 0) is 4.79 Å². The number of hydrogen-bond donors (Lipinski definition) is 1. The molecule has 13 heavy (non-hydrogen) atoms. The molecule has 0 atom stereocenters. The highest BCUT2D eigenvalue weighted by molar-refractivity contribution is 5.86. The Labute approximate surface area is 80.0 Å². The first-order valence-corrected chi connectivity index (χ1v) is 4.61. The molecule has 0 spiro atoms. The van der Waals surface area contributed by atoms with Crippen LogP contribution in [0.4, 0.5) is 0 Å². The maximum absolute atomic E-state index is 10.6. The highest BCUT2D eigenvalue weighted by Gasteiger charge is 2.05. The van der Waals surface area contributed by atoms with Gasteiger partial charge in [-0.15, -0.1) is 0 Å². The van der Waals surface area contributed by atoms with E-state index in [1.54, 1.807) is 6.08 Å². The number of hydrogen-bond acceptors (Lipinski definition) is 2. The molecule has 0 saturated carbocycles. The van der Waals surface area contributed by atoms with E-state index < -0.39 is 5.97 Å². The van der Waals surface area contributed by atoms with Gasteiger partial charge < -0.3 is 10.0 Å². The van der Waals surface area contributed by atoms with Crippen LogP contribution >= 0.6 is 0 Å². The normalized spacial score (nSPS) is 12.6. The Hall–Kier alpha value is -0.830. The Bertz CT molecular complexity index is 197. The molecule has 0 aliphatic rings. The molecule has 0 rings (SSSR count). The fourth-order valence-electron chi connectivity index (χ4n) is 0.848. The molecule has 76 valence electrons. The second-order valence-corrected chi connectivity index (χ2v) is 3.42. The van der Waals surface area contributed by atoms with Gasteiger partial charge in [0.15, 0.2) is 0 Å². The number of carboxylic acid groups (broad SMARTS) is 1. The summed E-state index contributed by atoms with van der Waals surface area (Å²) in [6.45, 7) is 6.73. The minimum absolute atomic E-state index is 0.447. The van der Waals surface area contributed by atoms with E-state index in [1.165, 1.54) is 0 Å². The van der Waals surface area contributed by atoms with Gasteiger partial charge in [0.25, 0.3) is 0 Å². The predicted octanol–water partition coefficient (Wildman–Crippen LogP) is 1.75. The van der Waals surface area contributed by atoms with Gasteiger partial charge in [0.2, 0.25) is 0 Å². The van der Waals surface area contributed by atoms with Crippen molar-refractivity contribution >= 4 is 5.97 Å². The van der Waals surface area contributed by atoms with Gasteiger partial charge in [0.05, 0.1) is 0 Å². The third kappa shape index (κ3) is 4.68. The first-order valence-electron chi connectivity index (χ1n) is 4.61. The van der Waals surface area contributed by atoms with Crippen LogP contribution in [0.25, 0.3) is 0 Å². The van der Waals surface area contributed by atoms with Gasteiger partial charge in [0, 0.05) is 18.2 Å². The van der Waals surface area contributed by atoms with Crippen LogP contribution < -0.4 is 0 Å². The van der Waals surface area contributed by atoms with E-state index >= 15 is 0 Å². The largest absolute Gasteiger partial charge is 0.478 e. The fraction of sp³-hybridized carbons (Fsp3) is 0.700. The van der Waals surface area contributed by atoms with Crippen molar-refractivity contribution in [2.45, 2.75) is 33.2 Å². The number of rotatable bonds is 5. The van der Waals surface area contributed by atoms with Crippen LogP contribution in [0.3, 0.4) is 0 Å². The number of nitrogens with zero attached hydrogens (tertiary/aromatic N) is 1. The molecule has 3 nitrogen and oxygen atoms in total. The predicted molar refractivity (Wildman–Crippen MR) is 53.8 cm³/mol. The highest BCUT2D eigenvalue weighted by atomic mass is 16.4. The second kappa shape index (κ2) is 5.75. The van der Waals surface area contributed by atoms with Crippen molar-refractivity contribution in [3.8, 4) is 0 Å². The summed E-state index contributed by atoms with van der Waals surface area (Å²) in [6, 6.07) is 0.447. The van der Waals surface area contributed by atoms with Crippen molar-refractivity contribution in [2.75, 3.05) is 13.6 Å². The van der Waals surface area contributed by atoms with Crippen LogP contribution in [-0.4, -0.2) is 35.6 Å². The molecule has 0 aliphatic heterocycles. The summed E-state index contributed by atoms with van der Waals surface area (Å²) in [5, 5.41) is 8.74. The van der Waals surface area contributed by atoms with Crippen LogP contribution in [0.1, 0.15) is 27.2 Å². The van der Waals surface area contributed by atoms with E-state index in [0.717, 1.165) is 0 Å². The zero-order chi connectivity index (χ0) is 10.4. The van der Waals surface area contributed by atoms with Crippen molar-refractivity contribution in [3.05, 3.63) is 11.6 Å². The molecule has 1 N–H and O–H groups in total. The third-order valence-electron chi connectivity index (χ3n) is 2.16.